The predicted molar refractivity (Wildman–Crippen MR) is 87.4 cm³/mol. The molecule has 2 saturated heterocycles. The normalized spacial score (nSPS) is 21.7. The molecule has 1 amide bonds. The van der Waals surface area contributed by atoms with Gasteiger partial charge < -0.3 is 19.9 Å². The van der Waals surface area contributed by atoms with Gasteiger partial charge in [-0.15, -0.1) is 0 Å². The van der Waals surface area contributed by atoms with Gasteiger partial charge in [-0.25, -0.2) is 4.39 Å². The molecule has 2 aliphatic rings. The number of hydrogen-bond acceptors (Lipinski definition) is 4. The van der Waals surface area contributed by atoms with Crippen molar-refractivity contribution in [3.05, 3.63) is 29.6 Å². The summed E-state index contributed by atoms with van der Waals surface area (Å²) >= 11 is 0. The number of nitrogens with one attached hydrogen (secondary N) is 1. The van der Waals surface area contributed by atoms with Gasteiger partial charge in [0.2, 0.25) is 0 Å². The van der Waals surface area contributed by atoms with E-state index in [1.54, 1.807) is 12.1 Å². The Balaban J connectivity index is 1.75. The molecule has 0 aliphatic carbocycles. The predicted octanol–water partition coefficient (Wildman–Crippen LogP) is 1.49. The minimum atomic E-state index is -0.331. The summed E-state index contributed by atoms with van der Waals surface area (Å²) in [6.07, 6.45) is 2.01. The molecule has 0 radical (unpaired) electrons. The van der Waals surface area contributed by atoms with Crippen molar-refractivity contribution in [1.82, 2.24) is 10.2 Å². The second-order valence-corrected chi connectivity index (χ2v) is 6.12. The Hall–Kier alpha value is -1.66. The Morgan fingerprint density at radius 2 is 2.13 bits per heavy atom. The molecule has 126 valence electrons. The number of anilines is 1. The first kappa shape index (κ1) is 16.2. The Labute approximate surface area is 136 Å². The molecule has 0 saturated carbocycles. The number of hydrogen-bond donors (Lipinski definition) is 1. The minimum absolute atomic E-state index is 0.0739. The zero-order valence-electron chi connectivity index (χ0n) is 13.6. The first-order valence-corrected chi connectivity index (χ1v) is 8.28. The molecule has 1 aromatic rings. The van der Waals surface area contributed by atoms with E-state index in [-0.39, 0.29) is 17.8 Å². The Kier molecular flexibility index (Phi) is 5.13. The lowest BCUT2D eigenvalue weighted by Gasteiger charge is -2.29. The van der Waals surface area contributed by atoms with Crippen molar-refractivity contribution in [1.29, 1.82) is 0 Å². The van der Waals surface area contributed by atoms with Crippen LogP contribution in [-0.2, 0) is 4.74 Å². The molecule has 3 rings (SSSR count). The number of nitrogens with zero attached hydrogens (tertiary/aromatic N) is 2. The van der Waals surface area contributed by atoms with Crippen LogP contribution in [0.1, 0.15) is 23.2 Å². The van der Waals surface area contributed by atoms with Gasteiger partial charge in [0.25, 0.3) is 5.91 Å². The van der Waals surface area contributed by atoms with E-state index in [4.69, 9.17) is 4.74 Å². The highest BCUT2D eigenvalue weighted by atomic mass is 19.1. The first-order chi connectivity index (χ1) is 11.2. The van der Waals surface area contributed by atoms with Gasteiger partial charge in [-0.3, -0.25) is 4.79 Å². The monoisotopic (exact) mass is 321 g/mol. The molecule has 6 heteroatoms. The van der Waals surface area contributed by atoms with E-state index in [1.807, 2.05) is 16.8 Å². The number of likely N-dealkylation sites (N-methyl/N-ethyl adjacent to an activating group) is 1. The quantitative estimate of drug-likeness (QED) is 0.912. The van der Waals surface area contributed by atoms with Crippen LogP contribution < -0.4 is 10.2 Å². The van der Waals surface area contributed by atoms with Crippen molar-refractivity contribution in [2.45, 2.75) is 18.9 Å². The summed E-state index contributed by atoms with van der Waals surface area (Å²) in [5.74, 6) is -0.405. The maximum atomic E-state index is 14.5. The number of carbonyl (C=O) groups is 1. The molecule has 2 aliphatic heterocycles. The summed E-state index contributed by atoms with van der Waals surface area (Å²) < 4.78 is 19.8. The van der Waals surface area contributed by atoms with Crippen LogP contribution in [0.2, 0.25) is 0 Å². The van der Waals surface area contributed by atoms with Crippen LogP contribution >= 0.6 is 0 Å². The number of morpholine rings is 1. The van der Waals surface area contributed by atoms with Gasteiger partial charge in [-0.1, -0.05) is 0 Å². The maximum Gasteiger partial charge on any atom is 0.254 e. The first-order valence-electron chi connectivity index (χ1n) is 8.28. The van der Waals surface area contributed by atoms with E-state index in [1.165, 1.54) is 6.07 Å². The van der Waals surface area contributed by atoms with Crippen LogP contribution in [0, 0.1) is 5.82 Å². The Morgan fingerprint density at radius 1 is 1.35 bits per heavy atom. The highest BCUT2D eigenvalue weighted by molar-refractivity contribution is 5.95. The SMILES string of the molecule is CNC[C@H]1CCCN1C(=O)c1ccc(N2CCOCC2)c(F)c1. The second kappa shape index (κ2) is 7.27. The van der Waals surface area contributed by atoms with Gasteiger partial charge >= 0.3 is 0 Å². The van der Waals surface area contributed by atoms with Gasteiger partial charge in [0.1, 0.15) is 5.82 Å². The highest BCUT2D eigenvalue weighted by Crippen LogP contribution is 2.24. The smallest absolute Gasteiger partial charge is 0.254 e. The zero-order chi connectivity index (χ0) is 16.2. The van der Waals surface area contributed by atoms with E-state index in [0.29, 0.717) is 37.6 Å². The number of halogens is 1. The van der Waals surface area contributed by atoms with Crippen molar-refractivity contribution in [3.8, 4) is 0 Å². The molecule has 0 unspecified atom stereocenters. The summed E-state index contributed by atoms with van der Waals surface area (Å²) in [7, 11) is 1.89. The van der Waals surface area contributed by atoms with E-state index in [2.05, 4.69) is 5.32 Å². The molecule has 23 heavy (non-hydrogen) atoms. The van der Waals surface area contributed by atoms with Crippen molar-refractivity contribution in [3.63, 3.8) is 0 Å². The molecular weight excluding hydrogens is 297 g/mol. The standard InChI is InChI=1S/C17H24FN3O2/c1-19-12-14-3-2-6-21(14)17(22)13-4-5-16(15(18)11-13)20-7-9-23-10-8-20/h4-5,11,14,19H,2-3,6-10,12H2,1H3/t14-/m1/s1. The fourth-order valence-corrected chi connectivity index (χ4v) is 3.42. The summed E-state index contributed by atoms with van der Waals surface area (Å²) in [6, 6.07) is 5.04. The third-order valence-electron chi connectivity index (χ3n) is 4.62. The third-order valence-corrected chi connectivity index (χ3v) is 4.62. The minimum Gasteiger partial charge on any atom is -0.378 e. The fourth-order valence-electron chi connectivity index (χ4n) is 3.42. The average Bonchev–Trinajstić information content (AvgIpc) is 3.03. The summed E-state index contributed by atoms with van der Waals surface area (Å²) in [4.78, 5) is 16.5. The van der Waals surface area contributed by atoms with Crippen LogP contribution in [-0.4, -0.2) is 63.3 Å². The van der Waals surface area contributed by atoms with Crippen molar-refractivity contribution in [2.24, 2.45) is 0 Å². The Bertz CT molecular complexity index is 561. The maximum absolute atomic E-state index is 14.5. The van der Waals surface area contributed by atoms with Crippen LogP contribution in [0.3, 0.4) is 0 Å². The molecular formula is C17H24FN3O2. The number of amides is 1. The molecule has 2 fully saturated rings. The van der Waals surface area contributed by atoms with Crippen molar-refractivity contribution in [2.75, 3.05) is 51.3 Å². The lowest BCUT2D eigenvalue weighted by atomic mass is 10.1. The number of ether oxygens (including phenoxy) is 1. The van der Waals surface area contributed by atoms with Crippen LogP contribution in [0.15, 0.2) is 18.2 Å². The van der Waals surface area contributed by atoms with Crippen LogP contribution in [0.4, 0.5) is 10.1 Å². The summed E-state index contributed by atoms with van der Waals surface area (Å²) in [6.45, 7) is 4.11. The van der Waals surface area contributed by atoms with Gasteiger partial charge in [-0.05, 0) is 38.1 Å². The number of rotatable bonds is 4. The van der Waals surface area contributed by atoms with E-state index >= 15 is 0 Å². The molecule has 0 spiro atoms. The fraction of sp³-hybridized carbons (Fsp3) is 0.588. The summed E-state index contributed by atoms with van der Waals surface area (Å²) in [5, 5.41) is 3.12. The highest BCUT2D eigenvalue weighted by Gasteiger charge is 2.29. The number of carbonyl (C=O) groups excluding carboxylic acids is 1. The molecule has 0 bridgehead atoms. The van der Waals surface area contributed by atoms with Crippen molar-refractivity contribution < 1.29 is 13.9 Å². The molecule has 1 N–H and O–H groups in total. The van der Waals surface area contributed by atoms with E-state index < -0.39 is 0 Å². The lowest BCUT2D eigenvalue weighted by Crippen LogP contribution is -2.41. The second-order valence-electron chi connectivity index (χ2n) is 6.12. The summed E-state index contributed by atoms with van der Waals surface area (Å²) in [5.41, 5.74) is 0.987. The van der Waals surface area contributed by atoms with E-state index in [9.17, 15) is 9.18 Å². The van der Waals surface area contributed by atoms with Crippen molar-refractivity contribution >= 4 is 11.6 Å². The number of benzene rings is 1. The molecule has 0 aromatic heterocycles. The Morgan fingerprint density at radius 3 is 2.83 bits per heavy atom. The molecule has 5 nitrogen and oxygen atoms in total. The molecule has 2 heterocycles. The zero-order valence-corrected chi connectivity index (χ0v) is 13.6. The van der Waals surface area contributed by atoms with Crippen LogP contribution in [0.5, 0.6) is 0 Å². The number of likely N-dealkylation sites (tertiary alicyclic amines) is 1. The van der Waals surface area contributed by atoms with Gasteiger partial charge in [0.05, 0.1) is 18.9 Å². The van der Waals surface area contributed by atoms with Gasteiger partial charge in [-0.2, -0.15) is 0 Å². The van der Waals surface area contributed by atoms with Gasteiger partial charge in [0, 0.05) is 37.8 Å². The topological polar surface area (TPSA) is 44.8 Å². The van der Waals surface area contributed by atoms with Gasteiger partial charge in [0.15, 0.2) is 0 Å². The molecule has 1 aromatic carbocycles. The average molecular weight is 321 g/mol. The van der Waals surface area contributed by atoms with E-state index in [0.717, 1.165) is 25.9 Å². The largest absolute Gasteiger partial charge is 0.378 e. The lowest BCUT2D eigenvalue weighted by molar-refractivity contribution is 0.0736. The molecule has 1 atom stereocenters. The van der Waals surface area contributed by atoms with Crippen LogP contribution in [0.25, 0.3) is 0 Å². The third kappa shape index (κ3) is 3.48.